The molecular formula is C13H15N5O2. The molecule has 0 aliphatic rings. The van der Waals surface area contributed by atoms with Crippen LogP contribution in [0.5, 0.6) is 0 Å². The zero-order chi connectivity index (χ0) is 14.4. The zero-order valence-corrected chi connectivity index (χ0v) is 11.0. The normalized spacial score (nSPS) is 10.1. The Morgan fingerprint density at radius 2 is 2.00 bits per heavy atom. The quantitative estimate of drug-likeness (QED) is 0.748. The van der Waals surface area contributed by atoms with Crippen LogP contribution in [0.1, 0.15) is 23.1 Å². The number of amides is 2. The average Bonchev–Trinajstić information content (AvgIpc) is 2.92. The average molecular weight is 273 g/mol. The highest BCUT2D eigenvalue weighted by molar-refractivity contribution is 5.95. The second-order valence-electron chi connectivity index (χ2n) is 4.20. The van der Waals surface area contributed by atoms with Crippen LogP contribution in [0.2, 0.25) is 0 Å². The Bertz CT molecular complexity index is 577. The van der Waals surface area contributed by atoms with Crippen molar-refractivity contribution in [3.05, 3.63) is 42.0 Å². The summed E-state index contributed by atoms with van der Waals surface area (Å²) in [6.07, 6.45) is 2.02. The van der Waals surface area contributed by atoms with Crippen LogP contribution in [0, 0.1) is 0 Å². The molecule has 1 heterocycles. The number of hydrogen-bond donors (Lipinski definition) is 3. The van der Waals surface area contributed by atoms with E-state index in [-0.39, 0.29) is 11.8 Å². The molecule has 7 nitrogen and oxygen atoms in total. The van der Waals surface area contributed by atoms with E-state index in [0.29, 0.717) is 24.2 Å². The van der Waals surface area contributed by atoms with Gasteiger partial charge in [-0.15, -0.1) is 0 Å². The van der Waals surface area contributed by atoms with Crippen molar-refractivity contribution in [3.8, 4) is 0 Å². The van der Waals surface area contributed by atoms with Crippen LogP contribution in [0.4, 0.5) is 5.69 Å². The van der Waals surface area contributed by atoms with Gasteiger partial charge in [0.05, 0.1) is 0 Å². The molecule has 0 spiro atoms. The van der Waals surface area contributed by atoms with E-state index in [0.717, 1.165) is 5.82 Å². The molecule has 1 aromatic carbocycles. The van der Waals surface area contributed by atoms with E-state index in [1.54, 1.807) is 24.3 Å². The van der Waals surface area contributed by atoms with Crippen LogP contribution in [0.25, 0.3) is 0 Å². The van der Waals surface area contributed by atoms with Crippen molar-refractivity contribution in [3.63, 3.8) is 0 Å². The van der Waals surface area contributed by atoms with Gasteiger partial charge in [-0.2, -0.15) is 5.10 Å². The van der Waals surface area contributed by atoms with Gasteiger partial charge in [0.2, 0.25) is 5.91 Å². The van der Waals surface area contributed by atoms with Crippen molar-refractivity contribution in [1.82, 2.24) is 20.5 Å². The van der Waals surface area contributed by atoms with Gasteiger partial charge in [-0.3, -0.25) is 14.7 Å². The number of carbonyl (C=O) groups is 2. The van der Waals surface area contributed by atoms with Gasteiger partial charge >= 0.3 is 0 Å². The lowest BCUT2D eigenvalue weighted by Crippen LogP contribution is -2.25. The fourth-order valence-corrected chi connectivity index (χ4v) is 1.66. The minimum atomic E-state index is -0.168. The fraction of sp³-hybridized carbons (Fsp3) is 0.231. The summed E-state index contributed by atoms with van der Waals surface area (Å²) in [5, 5.41) is 11.9. The first-order chi connectivity index (χ1) is 9.65. The molecular weight excluding hydrogens is 258 g/mol. The third-order valence-electron chi connectivity index (χ3n) is 2.58. The van der Waals surface area contributed by atoms with E-state index in [4.69, 9.17) is 0 Å². The summed E-state index contributed by atoms with van der Waals surface area (Å²) in [4.78, 5) is 26.7. The first-order valence-corrected chi connectivity index (χ1v) is 6.15. The summed E-state index contributed by atoms with van der Waals surface area (Å²) in [6.45, 7) is 1.91. The lowest BCUT2D eigenvalue weighted by Gasteiger charge is -2.05. The summed E-state index contributed by atoms with van der Waals surface area (Å²) in [5.41, 5.74) is 1.20. The number of rotatable bonds is 5. The number of aromatic amines is 1. The van der Waals surface area contributed by atoms with Crippen molar-refractivity contribution in [1.29, 1.82) is 0 Å². The molecule has 0 aliphatic heterocycles. The Kier molecular flexibility index (Phi) is 4.43. The van der Waals surface area contributed by atoms with E-state index in [9.17, 15) is 9.59 Å². The Morgan fingerprint density at radius 1 is 1.25 bits per heavy atom. The van der Waals surface area contributed by atoms with Crippen molar-refractivity contribution < 1.29 is 9.59 Å². The maximum atomic E-state index is 11.9. The number of anilines is 1. The van der Waals surface area contributed by atoms with Crippen LogP contribution < -0.4 is 10.6 Å². The molecule has 1 aromatic heterocycles. The number of H-pyrrole nitrogens is 1. The maximum absolute atomic E-state index is 11.9. The predicted octanol–water partition coefficient (Wildman–Crippen LogP) is 0.736. The lowest BCUT2D eigenvalue weighted by molar-refractivity contribution is -0.114. The fourth-order valence-electron chi connectivity index (χ4n) is 1.66. The van der Waals surface area contributed by atoms with Crippen LogP contribution in [-0.2, 0) is 11.2 Å². The number of nitrogens with one attached hydrogen (secondary N) is 3. The van der Waals surface area contributed by atoms with Gasteiger partial charge in [-0.1, -0.05) is 0 Å². The molecule has 0 bridgehead atoms. The van der Waals surface area contributed by atoms with E-state index in [1.165, 1.54) is 13.3 Å². The molecule has 0 radical (unpaired) electrons. The Balaban J connectivity index is 1.84. The predicted molar refractivity (Wildman–Crippen MR) is 73.2 cm³/mol. The minimum absolute atomic E-state index is 0.144. The molecule has 0 saturated heterocycles. The van der Waals surface area contributed by atoms with Gasteiger partial charge in [0.25, 0.3) is 5.91 Å². The number of benzene rings is 1. The second-order valence-corrected chi connectivity index (χ2v) is 4.20. The zero-order valence-electron chi connectivity index (χ0n) is 11.0. The van der Waals surface area contributed by atoms with Crippen molar-refractivity contribution in [2.75, 3.05) is 11.9 Å². The van der Waals surface area contributed by atoms with E-state index in [1.807, 2.05) is 0 Å². The highest BCUT2D eigenvalue weighted by Crippen LogP contribution is 2.09. The third kappa shape index (κ3) is 3.91. The molecule has 0 aliphatic carbocycles. The van der Waals surface area contributed by atoms with Crippen molar-refractivity contribution >= 4 is 17.5 Å². The SMILES string of the molecule is CC(=O)Nc1ccc(C(=O)NCCc2ncn[nH]2)cc1. The molecule has 2 aromatic rings. The van der Waals surface area contributed by atoms with E-state index < -0.39 is 0 Å². The maximum Gasteiger partial charge on any atom is 0.251 e. The van der Waals surface area contributed by atoms with Gasteiger partial charge in [-0.05, 0) is 24.3 Å². The first kappa shape index (κ1) is 13.7. The molecule has 7 heteroatoms. The van der Waals surface area contributed by atoms with E-state index in [2.05, 4.69) is 25.8 Å². The van der Waals surface area contributed by atoms with Gasteiger partial charge in [0.15, 0.2) is 0 Å². The largest absolute Gasteiger partial charge is 0.352 e. The lowest BCUT2D eigenvalue weighted by atomic mass is 10.2. The third-order valence-corrected chi connectivity index (χ3v) is 2.58. The molecule has 0 saturated carbocycles. The van der Waals surface area contributed by atoms with Gasteiger partial charge in [0.1, 0.15) is 12.2 Å². The first-order valence-electron chi connectivity index (χ1n) is 6.15. The second kappa shape index (κ2) is 6.46. The summed E-state index contributed by atoms with van der Waals surface area (Å²) < 4.78 is 0. The smallest absolute Gasteiger partial charge is 0.251 e. The number of carbonyl (C=O) groups excluding carboxylic acids is 2. The highest BCUT2D eigenvalue weighted by atomic mass is 16.2. The topological polar surface area (TPSA) is 99.8 Å². The molecule has 0 unspecified atom stereocenters. The molecule has 0 fully saturated rings. The number of hydrogen-bond acceptors (Lipinski definition) is 4. The Labute approximate surface area is 115 Å². The summed E-state index contributed by atoms with van der Waals surface area (Å²) >= 11 is 0. The van der Waals surface area contributed by atoms with Gasteiger partial charge in [0, 0.05) is 31.1 Å². The molecule has 104 valence electrons. The standard InChI is InChI=1S/C13H15N5O2/c1-9(19)17-11-4-2-10(3-5-11)13(20)14-7-6-12-15-8-16-18-12/h2-5,8H,6-7H2,1H3,(H,14,20)(H,17,19)(H,15,16,18). The van der Waals surface area contributed by atoms with Crippen LogP contribution in [0.15, 0.2) is 30.6 Å². The molecule has 20 heavy (non-hydrogen) atoms. The van der Waals surface area contributed by atoms with Crippen LogP contribution in [0.3, 0.4) is 0 Å². The Hall–Kier alpha value is -2.70. The summed E-state index contributed by atoms with van der Waals surface area (Å²) in [5.74, 6) is 0.416. The molecule has 3 N–H and O–H groups in total. The van der Waals surface area contributed by atoms with Gasteiger partial charge < -0.3 is 10.6 Å². The van der Waals surface area contributed by atoms with Crippen LogP contribution in [-0.4, -0.2) is 33.5 Å². The highest BCUT2D eigenvalue weighted by Gasteiger charge is 2.05. The summed E-state index contributed by atoms with van der Waals surface area (Å²) in [7, 11) is 0. The van der Waals surface area contributed by atoms with E-state index >= 15 is 0 Å². The number of aromatic nitrogens is 3. The van der Waals surface area contributed by atoms with Crippen molar-refractivity contribution in [2.45, 2.75) is 13.3 Å². The minimum Gasteiger partial charge on any atom is -0.352 e. The Morgan fingerprint density at radius 3 is 2.60 bits per heavy atom. The summed E-state index contributed by atoms with van der Waals surface area (Å²) in [6, 6.07) is 6.70. The number of nitrogens with zero attached hydrogens (tertiary/aromatic N) is 2. The molecule has 0 atom stereocenters. The molecule has 2 rings (SSSR count). The van der Waals surface area contributed by atoms with Crippen molar-refractivity contribution in [2.24, 2.45) is 0 Å². The molecule has 2 amide bonds. The van der Waals surface area contributed by atoms with Crippen LogP contribution >= 0.6 is 0 Å². The van der Waals surface area contributed by atoms with Gasteiger partial charge in [-0.25, -0.2) is 4.98 Å². The monoisotopic (exact) mass is 273 g/mol.